The number of carbonyl (C=O) groups is 1. The van der Waals surface area contributed by atoms with Crippen LogP contribution in [0.4, 0.5) is 0 Å². The van der Waals surface area contributed by atoms with Crippen LogP contribution in [0.25, 0.3) is 0 Å². The first-order valence-corrected chi connectivity index (χ1v) is 4.26. The molecular formula is C9H18O4. The van der Waals surface area contributed by atoms with Crippen LogP contribution in [0.5, 0.6) is 0 Å². The fourth-order valence-electron chi connectivity index (χ4n) is 1.11. The van der Waals surface area contributed by atoms with Gasteiger partial charge >= 0.3 is 0 Å². The Balaban J connectivity index is 3.79. The predicted molar refractivity (Wildman–Crippen MR) is 48.8 cm³/mol. The summed E-state index contributed by atoms with van der Waals surface area (Å²) in [5.41, 5.74) is 0. The normalized spacial score (nSPS) is 15.3. The van der Waals surface area contributed by atoms with Crippen molar-refractivity contribution in [2.75, 3.05) is 27.9 Å². The van der Waals surface area contributed by atoms with E-state index in [0.717, 1.165) is 6.29 Å². The molecule has 0 rings (SSSR count). The molecule has 0 fully saturated rings. The minimum Gasteiger partial charge on any atom is -0.382 e. The summed E-state index contributed by atoms with van der Waals surface area (Å²) in [7, 11) is 4.83. The average Bonchev–Trinajstić information content (AvgIpc) is 2.16. The van der Waals surface area contributed by atoms with Gasteiger partial charge in [-0.15, -0.1) is 0 Å². The van der Waals surface area contributed by atoms with Crippen LogP contribution in [0, 0.1) is 0 Å². The number of aldehydes is 1. The first-order valence-electron chi connectivity index (χ1n) is 4.26. The summed E-state index contributed by atoms with van der Waals surface area (Å²) in [6.07, 6.45) is 1.86. The molecule has 0 aliphatic carbocycles. The lowest BCUT2D eigenvalue weighted by Gasteiger charge is -2.19. The Hall–Kier alpha value is -0.450. The van der Waals surface area contributed by atoms with Crippen LogP contribution in [-0.2, 0) is 19.0 Å². The van der Waals surface area contributed by atoms with E-state index in [-0.39, 0.29) is 12.2 Å². The van der Waals surface area contributed by atoms with Gasteiger partial charge < -0.3 is 19.0 Å². The van der Waals surface area contributed by atoms with Gasteiger partial charge in [-0.25, -0.2) is 0 Å². The lowest BCUT2D eigenvalue weighted by atomic mass is 10.1. The first-order chi connectivity index (χ1) is 6.28. The molecular weight excluding hydrogens is 172 g/mol. The van der Waals surface area contributed by atoms with Gasteiger partial charge in [-0.1, -0.05) is 0 Å². The lowest BCUT2D eigenvalue weighted by Crippen LogP contribution is -2.25. The number of carbonyl (C=O) groups excluding carboxylic acids is 1. The number of methoxy groups -OCH3 is 3. The second kappa shape index (κ2) is 8.16. The smallest absolute Gasteiger partial charge is 0.122 e. The molecule has 2 atom stereocenters. The molecule has 0 aromatic heterocycles. The second-order valence-electron chi connectivity index (χ2n) is 2.81. The van der Waals surface area contributed by atoms with E-state index >= 15 is 0 Å². The zero-order valence-corrected chi connectivity index (χ0v) is 8.49. The number of hydrogen-bond donors (Lipinski definition) is 0. The Morgan fingerprint density at radius 2 is 1.77 bits per heavy atom. The Kier molecular flexibility index (Phi) is 7.88. The van der Waals surface area contributed by atoms with Crippen LogP contribution in [0.1, 0.15) is 12.8 Å². The van der Waals surface area contributed by atoms with Crippen LogP contribution in [0.2, 0.25) is 0 Å². The van der Waals surface area contributed by atoms with Gasteiger partial charge in [-0.3, -0.25) is 0 Å². The minimum absolute atomic E-state index is 0.00472. The summed E-state index contributed by atoms with van der Waals surface area (Å²) in [4.78, 5) is 10.2. The maximum atomic E-state index is 10.2. The third-order valence-corrected chi connectivity index (χ3v) is 1.90. The summed E-state index contributed by atoms with van der Waals surface area (Å²) >= 11 is 0. The summed E-state index contributed by atoms with van der Waals surface area (Å²) in [6, 6.07) is 0. The lowest BCUT2D eigenvalue weighted by molar-refractivity contribution is -0.110. The molecule has 0 heterocycles. The predicted octanol–water partition coefficient (Wildman–Crippen LogP) is 0.642. The van der Waals surface area contributed by atoms with Gasteiger partial charge in [0, 0.05) is 34.2 Å². The van der Waals surface area contributed by atoms with Crippen molar-refractivity contribution in [1.82, 2.24) is 0 Å². The van der Waals surface area contributed by atoms with E-state index < -0.39 is 0 Å². The maximum absolute atomic E-state index is 10.2. The van der Waals surface area contributed by atoms with Crippen LogP contribution in [0.15, 0.2) is 0 Å². The van der Waals surface area contributed by atoms with Gasteiger partial charge in [-0.05, 0) is 0 Å². The van der Waals surface area contributed by atoms with Crippen LogP contribution < -0.4 is 0 Å². The molecule has 0 bridgehead atoms. The first kappa shape index (κ1) is 12.6. The maximum Gasteiger partial charge on any atom is 0.122 e. The second-order valence-corrected chi connectivity index (χ2v) is 2.81. The van der Waals surface area contributed by atoms with Crippen molar-refractivity contribution >= 4 is 6.29 Å². The standard InChI is InChI=1S/C9H18O4/c1-11-7-9(13-3)6-8(12-2)4-5-10/h5,8-9H,4,6-7H2,1-3H3/t8-,9-/m0/s1. The van der Waals surface area contributed by atoms with E-state index in [2.05, 4.69) is 0 Å². The average molecular weight is 190 g/mol. The van der Waals surface area contributed by atoms with Crippen molar-refractivity contribution in [3.05, 3.63) is 0 Å². The molecule has 0 aromatic rings. The molecule has 0 saturated carbocycles. The van der Waals surface area contributed by atoms with Crippen LogP contribution in [-0.4, -0.2) is 46.4 Å². The molecule has 0 saturated heterocycles. The molecule has 4 nitrogen and oxygen atoms in total. The van der Waals surface area contributed by atoms with Crippen molar-refractivity contribution in [3.8, 4) is 0 Å². The van der Waals surface area contributed by atoms with Gasteiger partial charge in [0.1, 0.15) is 6.29 Å². The Bertz CT molecular complexity index is 127. The van der Waals surface area contributed by atoms with Gasteiger partial charge in [0.15, 0.2) is 0 Å². The molecule has 0 unspecified atom stereocenters. The molecule has 0 radical (unpaired) electrons. The van der Waals surface area contributed by atoms with E-state index in [9.17, 15) is 4.79 Å². The molecule has 0 amide bonds. The van der Waals surface area contributed by atoms with Crippen molar-refractivity contribution in [3.63, 3.8) is 0 Å². The van der Waals surface area contributed by atoms with Gasteiger partial charge in [0.25, 0.3) is 0 Å². The zero-order valence-electron chi connectivity index (χ0n) is 8.49. The molecule has 4 heteroatoms. The molecule has 0 aromatic carbocycles. The summed E-state index contributed by atoms with van der Waals surface area (Å²) < 4.78 is 15.2. The zero-order chi connectivity index (χ0) is 10.1. The van der Waals surface area contributed by atoms with Gasteiger partial charge in [-0.2, -0.15) is 0 Å². The Labute approximate surface area is 79.2 Å². The molecule has 0 N–H and O–H groups in total. The highest BCUT2D eigenvalue weighted by atomic mass is 16.5. The van der Waals surface area contributed by atoms with E-state index in [0.29, 0.717) is 19.4 Å². The summed E-state index contributed by atoms with van der Waals surface area (Å²) in [6.45, 7) is 0.523. The van der Waals surface area contributed by atoms with E-state index in [4.69, 9.17) is 14.2 Å². The molecule has 0 aliphatic heterocycles. The third kappa shape index (κ3) is 5.74. The summed E-state index contributed by atoms with van der Waals surface area (Å²) in [5.74, 6) is 0. The third-order valence-electron chi connectivity index (χ3n) is 1.90. The number of ether oxygens (including phenoxy) is 3. The SMILES string of the molecule is COC[C@H](C[C@H](CC=O)OC)OC. The Morgan fingerprint density at radius 3 is 2.15 bits per heavy atom. The van der Waals surface area contributed by atoms with Crippen molar-refractivity contribution in [2.24, 2.45) is 0 Å². The van der Waals surface area contributed by atoms with E-state index in [1.54, 1.807) is 21.3 Å². The highest BCUT2D eigenvalue weighted by Gasteiger charge is 2.14. The highest BCUT2D eigenvalue weighted by Crippen LogP contribution is 2.07. The van der Waals surface area contributed by atoms with Gasteiger partial charge in [0.2, 0.25) is 0 Å². The number of rotatable bonds is 8. The minimum atomic E-state index is -0.0717. The van der Waals surface area contributed by atoms with Gasteiger partial charge in [0.05, 0.1) is 18.8 Å². The largest absolute Gasteiger partial charge is 0.382 e. The van der Waals surface area contributed by atoms with E-state index in [1.807, 2.05) is 0 Å². The Morgan fingerprint density at radius 1 is 1.15 bits per heavy atom. The van der Waals surface area contributed by atoms with Crippen LogP contribution in [0.3, 0.4) is 0 Å². The van der Waals surface area contributed by atoms with Crippen molar-refractivity contribution in [2.45, 2.75) is 25.0 Å². The van der Waals surface area contributed by atoms with Crippen LogP contribution >= 0.6 is 0 Å². The number of hydrogen-bond acceptors (Lipinski definition) is 4. The van der Waals surface area contributed by atoms with E-state index in [1.165, 1.54) is 0 Å². The molecule has 0 aliphatic rings. The molecule has 78 valence electrons. The van der Waals surface area contributed by atoms with Crippen molar-refractivity contribution in [1.29, 1.82) is 0 Å². The quantitative estimate of drug-likeness (QED) is 0.527. The van der Waals surface area contributed by atoms with Crippen molar-refractivity contribution < 1.29 is 19.0 Å². The fraction of sp³-hybridized carbons (Fsp3) is 0.889. The summed E-state index contributed by atoms with van der Waals surface area (Å²) in [5, 5.41) is 0. The molecule has 13 heavy (non-hydrogen) atoms. The fourth-order valence-corrected chi connectivity index (χ4v) is 1.11. The monoisotopic (exact) mass is 190 g/mol. The highest BCUT2D eigenvalue weighted by molar-refractivity contribution is 5.50. The molecule has 0 spiro atoms. The topological polar surface area (TPSA) is 44.8 Å².